The number of thiophene rings is 1. The largest absolute Gasteiger partial charge is 0.332 e. The average Bonchev–Trinajstić information content (AvgIpc) is 4.13. The minimum atomic E-state index is 0.0673. The van der Waals surface area contributed by atoms with Gasteiger partial charge in [-0.3, -0.25) is 0 Å². The van der Waals surface area contributed by atoms with E-state index in [1.807, 2.05) is 11.3 Å². The van der Waals surface area contributed by atoms with Gasteiger partial charge in [-0.05, 0) is 81.4 Å². The van der Waals surface area contributed by atoms with E-state index >= 15 is 0 Å². The fraction of sp³-hybridized carbons (Fsp3) is 0.0508. The second kappa shape index (κ2) is 14.2. The lowest BCUT2D eigenvalue weighted by Gasteiger charge is -2.26. The first-order valence-corrected chi connectivity index (χ1v) is 23.2. The van der Waals surface area contributed by atoms with Gasteiger partial charge in [-0.1, -0.05) is 164 Å². The van der Waals surface area contributed by atoms with E-state index in [-0.39, 0.29) is 6.04 Å². The number of fused-ring (bicyclic) bond motifs is 11. The van der Waals surface area contributed by atoms with Crippen molar-refractivity contribution in [2.75, 3.05) is 0 Å². The summed E-state index contributed by atoms with van der Waals surface area (Å²) in [7, 11) is 0. The number of allylic oxidation sites excluding steroid dienone is 1. The van der Waals surface area contributed by atoms with Crippen molar-refractivity contribution in [3.8, 4) is 17.1 Å². The van der Waals surface area contributed by atoms with Gasteiger partial charge < -0.3 is 9.13 Å². The van der Waals surface area contributed by atoms with Crippen LogP contribution >= 0.6 is 11.3 Å². The molecule has 0 bridgehead atoms. The summed E-state index contributed by atoms with van der Waals surface area (Å²) in [5.74, 6) is 1.61. The van der Waals surface area contributed by atoms with E-state index in [2.05, 4.69) is 220 Å². The van der Waals surface area contributed by atoms with Crippen molar-refractivity contribution in [3.63, 3.8) is 0 Å². The van der Waals surface area contributed by atoms with Crippen LogP contribution in [0.1, 0.15) is 34.3 Å². The molecule has 0 amide bonds. The molecule has 1 atom stereocenters. The number of hydrogen-bond acceptors (Lipinski definition) is 3. The van der Waals surface area contributed by atoms with Gasteiger partial charge in [-0.15, -0.1) is 11.3 Å². The summed E-state index contributed by atoms with van der Waals surface area (Å²) < 4.78 is 8.51. The van der Waals surface area contributed by atoms with E-state index in [1.54, 1.807) is 0 Å². The summed E-state index contributed by atoms with van der Waals surface area (Å²) in [6, 6.07) is 72.8. The third-order valence-electron chi connectivity index (χ3n) is 13.7. The van der Waals surface area contributed by atoms with Crippen molar-refractivity contribution in [3.05, 3.63) is 228 Å². The third-order valence-corrected chi connectivity index (χ3v) is 14.9. The highest BCUT2D eigenvalue weighted by molar-refractivity contribution is 7.20. The Balaban J connectivity index is 1.01. The molecule has 0 aliphatic heterocycles. The molecule has 13 aromatic rings. The summed E-state index contributed by atoms with van der Waals surface area (Å²) in [5.41, 5.74) is 10.7. The molecule has 0 spiro atoms. The average molecular weight is 850 g/mol. The van der Waals surface area contributed by atoms with Crippen LogP contribution in [0.4, 0.5) is 0 Å². The maximum Gasteiger partial charge on any atom is 0.182 e. The van der Waals surface area contributed by atoms with Gasteiger partial charge >= 0.3 is 0 Å². The molecule has 1 unspecified atom stereocenters. The summed E-state index contributed by atoms with van der Waals surface area (Å²) in [5, 5.41) is 16.7. The van der Waals surface area contributed by atoms with Crippen molar-refractivity contribution in [1.82, 2.24) is 23.9 Å². The topological polar surface area (TPSA) is 40.6 Å². The Bertz CT molecular complexity index is 4080. The highest BCUT2D eigenvalue weighted by atomic mass is 32.1. The molecule has 0 saturated heterocycles. The number of nitrogens with zero attached hydrogens (tertiary/aromatic N) is 5. The Kier molecular flexibility index (Phi) is 7.97. The zero-order chi connectivity index (χ0) is 42.6. The molecule has 9 aromatic carbocycles. The predicted octanol–water partition coefficient (Wildman–Crippen LogP) is 15.1. The Morgan fingerprint density at radius 3 is 2.02 bits per heavy atom. The van der Waals surface area contributed by atoms with Crippen LogP contribution in [0.15, 0.2) is 206 Å². The molecular weight excluding hydrogens is 811 g/mol. The maximum absolute atomic E-state index is 5.62. The lowest BCUT2D eigenvalue weighted by molar-refractivity contribution is 0.627. The molecule has 65 heavy (non-hydrogen) atoms. The Morgan fingerprint density at radius 1 is 0.523 bits per heavy atom. The lowest BCUT2D eigenvalue weighted by atomic mass is 9.90. The number of benzene rings is 9. The van der Waals surface area contributed by atoms with Crippen LogP contribution in [-0.2, 0) is 6.54 Å². The van der Waals surface area contributed by atoms with Gasteiger partial charge in [-0.25, -0.2) is 9.67 Å². The fourth-order valence-corrected chi connectivity index (χ4v) is 12.2. The molecule has 6 heteroatoms. The first-order chi connectivity index (χ1) is 32.2. The fourth-order valence-electron chi connectivity index (χ4n) is 10.9. The van der Waals surface area contributed by atoms with Crippen molar-refractivity contribution in [2.24, 2.45) is 0 Å². The summed E-state index contributed by atoms with van der Waals surface area (Å²) in [6.45, 7) is 0.536. The van der Waals surface area contributed by atoms with E-state index in [9.17, 15) is 0 Å². The van der Waals surface area contributed by atoms with E-state index < -0.39 is 0 Å². The molecule has 0 fully saturated rings. The van der Waals surface area contributed by atoms with Crippen LogP contribution in [0.2, 0.25) is 0 Å². The van der Waals surface area contributed by atoms with Crippen LogP contribution in [0.5, 0.6) is 0 Å². The standard InChI is InChI=1S/C59H39N5S/c1-2-21-41(22-3-1)63-50-29-11-8-24-43(50)45-27-15-20-40(56(45)63)36-62-59(60-58(61-62)46-28-14-19-37-16-6-7-23-42(37)46)48-32-33-52(55-47-26-10-13-31-54(47)65-57(48)55)64-51-30-12-9-25-44(51)49-34-38-17-4-5-18-39(38)35-53(49)64/h1-32,34-35,52H,33,36H2. The molecule has 0 saturated carbocycles. The molecule has 14 rings (SSSR count). The Morgan fingerprint density at radius 2 is 1.17 bits per heavy atom. The SMILES string of the molecule is C1=C(c2nc(-c3cccc4ccccc34)nn2Cc2cccc3c4ccccc4n(-c4ccccc4)c23)c2sc3ccccc3c2C(n2c3ccccc3c3cc4ccccc4cc32)C1. The predicted molar refractivity (Wildman–Crippen MR) is 271 cm³/mol. The number of aromatic nitrogens is 5. The van der Waals surface area contributed by atoms with Crippen molar-refractivity contribution in [2.45, 2.75) is 19.0 Å². The van der Waals surface area contributed by atoms with Gasteiger partial charge in [0, 0.05) is 59.0 Å². The molecule has 306 valence electrons. The minimum Gasteiger partial charge on any atom is -0.332 e. The molecule has 4 aromatic heterocycles. The van der Waals surface area contributed by atoms with Crippen molar-refractivity contribution in [1.29, 1.82) is 0 Å². The molecule has 4 heterocycles. The molecule has 0 radical (unpaired) electrons. The number of para-hydroxylation sites is 4. The van der Waals surface area contributed by atoms with Gasteiger partial charge in [-0.2, -0.15) is 5.10 Å². The van der Waals surface area contributed by atoms with Crippen LogP contribution < -0.4 is 0 Å². The van der Waals surface area contributed by atoms with Crippen LogP contribution in [0, 0.1) is 0 Å². The van der Waals surface area contributed by atoms with Gasteiger partial charge in [0.05, 0.1) is 29.1 Å². The normalized spacial score (nSPS) is 14.1. The third kappa shape index (κ3) is 5.51. The van der Waals surface area contributed by atoms with E-state index in [4.69, 9.17) is 10.1 Å². The van der Waals surface area contributed by atoms with Crippen LogP contribution in [-0.4, -0.2) is 23.9 Å². The maximum atomic E-state index is 5.62. The molecule has 5 nitrogen and oxygen atoms in total. The van der Waals surface area contributed by atoms with E-state index in [1.165, 1.54) is 85.9 Å². The molecule has 1 aliphatic carbocycles. The first kappa shape index (κ1) is 36.4. The quantitative estimate of drug-likeness (QED) is 0.167. The van der Waals surface area contributed by atoms with Crippen LogP contribution in [0.25, 0.3) is 97.9 Å². The van der Waals surface area contributed by atoms with Gasteiger partial charge in [0.25, 0.3) is 0 Å². The van der Waals surface area contributed by atoms with Gasteiger partial charge in [0.1, 0.15) is 0 Å². The Hall–Kier alpha value is -8.06. The first-order valence-electron chi connectivity index (χ1n) is 22.4. The molecule has 1 aliphatic rings. The highest BCUT2D eigenvalue weighted by Crippen LogP contribution is 2.50. The highest BCUT2D eigenvalue weighted by Gasteiger charge is 2.33. The zero-order valence-electron chi connectivity index (χ0n) is 35.3. The van der Waals surface area contributed by atoms with E-state index in [0.29, 0.717) is 6.54 Å². The van der Waals surface area contributed by atoms with Crippen LogP contribution in [0.3, 0.4) is 0 Å². The van der Waals surface area contributed by atoms with Gasteiger partial charge in [0.15, 0.2) is 11.6 Å². The summed E-state index contributed by atoms with van der Waals surface area (Å²) in [6.07, 6.45) is 3.26. The van der Waals surface area contributed by atoms with Gasteiger partial charge in [0.2, 0.25) is 0 Å². The zero-order valence-corrected chi connectivity index (χ0v) is 36.1. The summed E-state index contributed by atoms with van der Waals surface area (Å²) >= 11 is 1.88. The lowest BCUT2D eigenvalue weighted by Crippen LogP contribution is -2.16. The Labute approximate surface area is 378 Å². The smallest absolute Gasteiger partial charge is 0.182 e. The monoisotopic (exact) mass is 849 g/mol. The summed E-state index contributed by atoms with van der Waals surface area (Å²) in [4.78, 5) is 6.87. The van der Waals surface area contributed by atoms with E-state index in [0.717, 1.165) is 40.3 Å². The molecule has 0 N–H and O–H groups in total. The second-order valence-electron chi connectivity index (χ2n) is 17.3. The number of rotatable bonds is 6. The minimum absolute atomic E-state index is 0.0673. The van der Waals surface area contributed by atoms with Crippen molar-refractivity contribution >= 4 is 92.2 Å². The second-order valence-corrected chi connectivity index (χ2v) is 18.3. The molecular formula is C59H39N5S. The number of hydrogen-bond donors (Lipinski definition) is 0. The van der Waals surface area contributed by atoms with Crippen molar-refractivity contribution < 1.29 is 0 Å².